The summed E-state index contributed by atoms with van der Waals surface area (Å²) in [5.74, 6) is 0. The van der Waals surface area contributed by atoms with Gasteiger partial charge < -0.3 is 9.05 Å². The third-order valence-electron chi connectivity index (χ3n) is 9.74. The van der Waals surface area contributed by atoms with Crippen LogP contribution in [0.3, 0.4) is 0 Å². The van der Waals surface area contributed by atoms with Gasteiger partial charge in [0.05, 0.1) is 23.7 Å². The van der Waals surface area contributed by atoms with Gasteiger partial charge in [0.15, 0.2) is 5.69 Å². The fraction of sp³-hybridized carbons (Fsp3) is 0.200. The van der Waals surface area contributed by atoms with Gasteiger partial charge in [-0.1, -0.05) is 102 Å². The number of benzene rings is 5. The van der Waals surface area contributed by atoms with E-state index in [0.29, 0.717) is 11.3 Å². The van der Waals surface area contributed by atoms with Gasteiger partial charge in [-0.25, -0.2) is 4.85 Å². The number of hydrogen-bond donors (Lipinski definition) is 0. The van der Waals surface area contributed by atoms with Crippen molar-refractivity contribution >= 4 is 67.1 Å². The highest BCUT2D eigenvalue weighted by Crippen LogP contribution is 2.39. The monoisotopic (exact) mass is 580 g/mol. The van der Waals surface area contributed by atoms with Crippen LogP contribution in [0.1, 0.15) is 58.2 Å². The lowest BCUT2D eigenvalue weighted by Gasteiger charge is -2.29. The Hall–Kier alpha value is -5.26. The maximum absolute atomic E-state index is 10.7. The summed E-state index contributed by atoms with van der Waals surface area (Å²) in [7, 11) is 0. The number of aromatic nitrogens is 2. The van der Waals surface area contributed by atoms with Gasteiger partial charge in [0.1, 0.15) is 0 Å². The van der Waals surface area contributed by atoms with Crippen molar-refractivity contribution in [1.82, 2.24) is 9.05 Å². The van der Waals surface area contributed by atoms with Gasteiger partial charge in [-0.2, -0.15) is 5.26 Å². The molecule has 4 nitrogen and oxygen atoms in total. The Morgan fingerprint density at radius 2 is 1.27 bits per heavy atom. The van der Waals surface area contributed by atoms with E-state index in [1.165, 1.54) is 32.9 Å². The Labute approximate surface area is 264 Å². The van der Waals surface area contributed by atoms with Crippen LogP contribution in [0.5, 0.6) is 0 Å². The average molecular weight is 581 g/mol. The van der Waals surface area contributed by atoms with Crippen LogP contribution in [0, 0.1) is 17.9 Å². The zero-order chi connectivity index (χ0) is 31.4. The van der Waals surface area contributed by atoms with Crippen molar-refractivity contribution in [2.75, 3.05) is 0 Å². The number of rotatable bonds is 1. The van der Waals surface area contributed by atoms with Crippen molar-refractivity contribution in [1.29, 1.82) is 5.26 Å². The second-order valence-electron chi connectivity index (χ2n) is 14.5. The molecule has 5 heteroatoms. The molecule has 8 rings (SSSR count). The molecule has 0 saturated heterocycles. The van der Waals surface area contributed by atoms with Gasteiger partial charge in [0.25, 0.3) is 0 Å². The minimum absolute atomic E-state index is 0.0264. The molecule has 1 aliphatic rings. The van der Waals surface area contributed by atoms with E-state index in [1.807, 2.05) is 18.2 Å². The van der Waals surface area contributed by atoms with Gasteiger partial charge in [-0.3, -0.25) is 0 Å². The second kappa shape index (κ2) is 9.13. The number of nitriles is 1. The van der Waals surface area contributed by atoms with E-state index in [1.54, 1.807) is 0 Å². The first-order chi connectivity index (χ1) is 21.5. The Morgan fingerprint density at radius 3 is 1.87 bits per heavy atom. The molecule has 0 aliphatic carbocycles. The molecule has 0 bridgehead atoms. The van der Waals surface area contributed by atoms with Crippen molar-refractivity contribution in [2.45, 2.75) is 52.4 Å². The van der Waals surface area contributed by atoms with Crippen LogP contribution >= 0.6 is 0 Å². The van der Waals surface area contributed by atoms with Gasteiger partial charge in [0, 0.05) is 43.8 Å². The number of hydrogen-bond acceptors (Lipinski definition) is 1. The van der Waals surface area contributed by atoms with E-state index in [9.17, 15) is 5.26 Å². The van der Waals surface area contributed by atoms with E-state index in [2.05, 4.69) is 134 Å². The minimum Gasteiger partial charge on any atom is -0.376 e. The molecule has 0 atom stereocenters. The number of nitrogens with zero attached hydrogens (tertiary/aromatic N) is 4. The lowest BCUT2D eigenvalue weighted by atomic mass is 9.47. The molecule has 0 fully saturated rings. The van der Waals surface area contributed by atoms with Crippen LogP contribution in [-0.2, 0) is 10.8 Å². The molecule has 0 N–H and O–H groups in total. The SMILES string of the molecule is [C-]#[N+]c1ccc2c3ccc(C#N)c4c3n(c2c1)-c1ccccc1B4n1c2cc(C(C)(C)C)ccc2c2ccc(C(C)(C)C)cc21. The Bertz CT molecular complexity index is 2410. The van der Waals surface area contributed by atoms with E-state index >= 15 is 0 Å². The molecule has 7 aromatic rings. The summed E-state index contributed by atoms with van der Waals surface area (Å²) in [6, 6.07) is 35.0. The van der Waals surface area contributed by atoms with Crippen molar-refractivity contribution in [3.63, 3.8) is 0 Å². The molecule has 0 radical (unpaired) electrons. The molecule has 5 aromatic carbocycles. The molecule has 0 spiro atoms. The summed E-state index contributed by atoms with van der Waals surface area (Å²) >= 11 is 0. The zero-order valence-corrected chi connectivity index (χ0v) is 26.5. The lowest BCUT2D eigenvalue weighted by Crippen LogP contribution is -2.54. The summed E-state index contributed by atoms with van der Waals surface area (Å²) in [6.45, 7) is 21.1. The lowest BCUT2D eigenvalue weighted by molar-refractivity contribution is 0.591. The average Bonchev–Trinajstić information content (AvgIpc) is 3.53. The van der Waals surface area contributed by atoms with Crippen LogP contribution in [0.15, 0.2) is 91.0 Å². The molecule has 45 heavy (non-hydrogen) atoms. The van der Waals surface area contributed by atoms with Crippen molar-refractivity contribution in [3.8, 4) is 11.8 Å². The van der Waals surface area contributed by atoms with Crippen LogP contribution in [0.4, 0.5) is 5.69 Å². The van der Waals surface area contributed by atoms with E-state index in [-0.39, 0.29) is 17.7 Å². The van der Waals surface area contributed by atoms with E-state index < -0.39 is 0 Å². The van der Waals surface area contributed by atoms with Gasteiger partial charge >= 0.3 is 6.85 Å². The molecule has 1 aliphatic heterocycles. The van der Waals surface area contributed by atoms with E-state index in [4.69, 9.17) is 6.57 Å². The highest BCUT2D eigenvalue weighted by atomic mass is 15.0. The largest absolute Gasteiger partial charge is 0.376 e. The Kier molecular flexibility index (Phi) is 5.54. The fourth-order valence-electron chi connectivity index (χ4n) is 7.42. The Balaban J connectivity index is 1.61. The summed E-state index contributed by atoms with van der Waals surface area (Å²) in [4.78, 5) is 3.76. The molecule has 0 amide bonds. The zero-order valence-electron chi connectivity index (χ0n) is 26.5. The van der Waals surface area contributed by atoms with Crippen LogP contribution < -0.4 is 10.9 Å². The smallest absolute Gasteiger partial charge is 0.333 e. The predicted octanol–water partition coefficient (Wildman–Crippen LogP) is 8.88. The van der Waals surface area contributed by atoms with Crippen LogP contribution in [-0.4, -0.2) is 15.9 Å². The van der Waals surface area contributed by atoms with Crippen LogP contribution in [0.2, 0.25) is 0 Å². The first-order valence-electron chi connectivity index (χ1n) is 15.6. The topological polar surface area (TPSA) is 38.0 Å². The fourth-order valence-corrected chi connectivity index (χ4v) is 7.42. The molecule has 0 saturated carbocycles. The minimum atomic E-state index is -0.234. The highest BCUT2D eigenvalue weighted by molar-refractivity contribution is 6.88. The third kappa shape index (κ3) is 3.77. The summed E-state index contributed by atoms with van der Waals surface area (Å²) in [5, 5.41) is 15.3. The summed E-state index contributed by atoms with van der Waals surface area (Å²) in [6.07, 6.45) is 0. The molecular formula is C40H33BN4. The summed E-state index contributed by atoms with van der Waals surface area (Å²) < 4.78 is 4.80. The predicted molar refractivity (Wildman–Crippen MR) is 189 cm³/mol. The standard InChI is InChI=1S/C40H33BN4/c1-39(2,3)25-13-17-28-29-18-14-26(40(4,5)6)21-36(29)45(35(28)20-25)41-32-10-8-9-11-33(32)44-34-22-27(43-7)15-19-30(34)31-16-12-24(23-42)37(41)38(31)44/h8-22H,1-6H3. The van der Waals surface area contributed by atoms with Gasteiger partial charge in [-0.05, 0) is 63.2 Å². The van der Waals surface area contributed by atoms with Gasteiger partial charge in [0.2, 0.25) is 0 Å². The van der Waals surface area contributed by atoms with Crippen molar-refractivity contribution in [2.24, 2.45) is 0 Å². The molecule has 3 heterocycles. The van der Waals surface area contributed by atoms with Crippen molar-refractivity contribution < 1.29 is 0 Å². The molecular weight excluding hydrogens is 547 g/mol. The van der Waals surface area contributed by atoms with Crippen LogP contribution in [0.25, 0.3) is 54.1 Å². The van der Waals surface area contributed by atoms with E-state index in [0.717, 1.165) is 38.4 Å². The molecule has 216 valence electrons. The maximum Gasteiger partial charge on any atom is 0.333 e. The first-order valence-corrected chi connectivity index (χ1v) is 15.6. The molecule has 2 aromatic heterocycles. The third-order valence-corrected chi connectivity index (χ3v) is 9.74. The molecule has 0 unspecified atom stereocenters. The van der Waals surface area contributed by atoms with Gasteiger partial charge in [-0.15, -0.1) is 0 Å². The Morgan fingerprint density at radius 1 is 0.689 bits per heavy atom. The first kappa shape index (κ1) is 27.3. The quantitative estimate of drug-likeness (QED) is 0.141. The number of para-hydroxylation sites is 1. The summed E-state index contributed by atoms with van der Waals surface area (Å²) in [5.41, 5.74) is 11.4. The van der Waals surface area contributed by atoms with Crippen molar-refractivity contribution in [3.05, 3.63) is 119 Å². The number of fused-ring (bicyclic) bond motifs is 8. The highest BCUT2D eigenvalue weighted by Gasteiger charge is 2.38. The maximum atomic E-state index is 10.7. The second-order valence-corrected chi connectivity index (χ2v) is 14.5. The normalized spacial score (nSPS) is 13.0.